The topological polar surface area (TPSA) is 64.9 Å². The molecule has 1 saturated carbocycles. The van der Waals surface area contributed by atoms with Crippen LogP contribution in [0.25, 0.3) is 0 Å². The maximum atomic E-state index is 5.30. The lowest BCUT2D eigenvalue weighted by Crippen LogP contribution is -1.95. The van der Waals surface area contributed by atoms with Gasteiger partial charge in [0.1, 0.15) is 0 Å². The highest BCUT2D eigenvalue weighted by Crippen LogP contribution is 2.38. The van der Waals surface area contributed by atoms with Crippen LogP contribution in [0.5, 0.6) is 0 Å². The molecule has 2 rings (SSSR count). The van der Waals surface area contributed by atoms with Gasteiger partial charge in [0.25, 0.3) is 5.22 Å². The molecular weight excluding hydrogens is 162 g/mol. The van der Waals surface area contributed by atoms with Crippen molar-refractivity contribution < 1.29 is 4.42 Å². The van der Waals surface area contributed by atoms with Gasteiger partial charge in [-0.1, -0.05) is 11.8 Å². The molecule has 0 amide bonds. The normalized spacial score (nSPS) is 17.2. The first kappa shape index (κ1) is 7.12. The summed E-state index contributed by atoms with van der Waals surface area (Å²) in [5, 5.41) is 8.96. The number of rotatable bonds is 3. The average molecular weight is 171 g/mol. The zero-order valence-corrected chi connectivity index (χ0v) is 6.80. The fraction of sp³-hybridized carbons (Fsp3) is 0.667. The first-order chi connectivity index (χ1) is 5.38. The van der Waals surface area contributed by atoms with Gasteiger partial charge in [-0.05, 0) is 12.8 Å². The van der Waals surface area contributed by atoms with Crippen LogP contribution < -0.4 is 5.73 Å². The molecule has 0 radical (unpaired) electrons. The van der Waals surface area contributed by atoms with Gasteiger partial charge in [-0.2, -0.15) is 0 Å². The molecule has 1 aliphatic rings. The number of hydrogen-bond acceptors (Lipinski definition) is 5. The van der Waals surface area contributed by atoms with Gasteiger partial charge in [0, 0.05) is 5.25 Å². The highest BCUT2D eigenvalue weighted by molar-refractivity contribution is 7.99. The third-order valence-corrected chi connectivity index (χ3v) is 2.59. The van der Waals surface area contributed by atoms with Crippen molar-refractivity contribution in [2.45, 2.75) is 29.9 Å². The molecule has 1 aliphatic carbocycles. The Labute approximate surface area is 68.6 Å². The monoisotopic (exact) mass is 171 g/mol. The number of nitrogens with two attached hydrogens (primary N) is 1. The number of thioether (sulfide) groups is 1. The Morgan fingerprint density at radius 2 is 2.36 bits per heavy atom. The summed E-state index contributed by atoms with van der Waals surface area (Å²) in [4.78, 5) is 0. The number of nitrogens with zero attached hydrogens (tertiary/aromatic N) is 2. The molecule has 0 bridgehead atoms. The van der Waals surface area contributed by atoms with Gasteiger partial charge in [-0.15, -0.1) is 10.2 Å². The first-order valence-electron chi connectivity index (χ1n) is 3.57. The van der Waals surface area contributed by atoms with Crippen molar-refractivity contribution in [1.29, 1.82) is 0 Å². The van der Waals surface area contributed by atoms with Crippen LogP contribution in [0, 0.1) is 0 Å². The maximum Gasteiger partial charge on any atom is 0.276 e. The quantitative estimate of drug-likeness (QED) is 0.728. The van der Waals surface area contributed by atoms with Crippen molar-refractivity contribution in [1.82, 2.24) is 10.2 Å². The third kappa shape index (κ3) is 1.72. The minimum atomic E-state index is 0.332. The highest BCUT2D eigenvalue weighted by Gasteiger charge is 2.25. The molecule has 0 atom stereocenters. The average Bonchev–Trinajstić information content (AvgIpc) is 2.68. The largest absolute Gasteiger partial charge is 0.415 e. The molecule has 0 saturated heterocycles. The fourth-order valence-electron chi connectivity index (χ4n) is 0.697. The Balaban J connectivity index is 1.99. The third-order valence-electron chi connectivity index (χ3n) is 1.41. The van der Waals surface area contributed by atoms with E-state index in [-0.39, 0.29) is 0 Å². The van der Waals surface area contributed by atoms with Crippen molar-refractivity contribution in [2.24, 2.45) is 5.73 Å². The Bertz CT molecular complexity index is 246. The molecule has 2 N–H and O–H groups in total. The molecule has 0 unspecified atom stereocenters. The number of hydrogen-bond donors (Lipinski definition) is 1. The Hall–Kier alpha value is -0.550. The zero-order valence-electron chi connectivity index (χ0n) is 5.99. The minimum absolute atomic E-state index is 0.332. The smallest absolute Gasteiger partial charge is 0.276 e. The molecule has 0 spiro atoms. The highest BCUT2D eigenvalue weighted by atomic mass is 32.2. The van der Waals surface area contributed by atoms with E-state index in [9.17, 15) is 0 Å². The zero-order chi connectivity index (χ0) is 7.68. The van der Waals surface area contributed by atoms with E-state index in [1.807, 2.05) is 0 Å². The lowest BCUT2D eigenvalue weighted by atomic mass is 10.7. The first-order valence-corrected chi connectivity index (χ1v) is 4.45. The fourth-order valence-corrected chi connectivity index (χ4v) is 1.59. The van der Waals surface area contributed by atoms with Crippen molar-refractivity contribution in [3.05, 3.63) is 5.89 Å². The predicted octanol–water partition coefficient (Wildman–Crippen LogP) is 0.783. The molecule has 11 heavy (non-hydrogen) atoms. The summed E-state index contributed by atoms with van der Waals surface area (Å²) in [5.41, 5.74) is 5.30. The van der Waals surface area contributed by atoms with Crippen LogP contribution in [0.1, 0.15) is 18.7 Å². The van der Waals surface area contributed by atoms with E-state index in [2.05, 4.69) is 10.2 Å². The van der Waals surface area contributed by atoms with E-state index in [4.69, 9.17) is 10.2 Å². The standard InChI is InChI=1S/C6H9N3OS/c7-3-5-8-9-6(10-5)11-4-1-2-4/h4H,1-3,7H2. The van der Waals surface area contributed by atoms with Crippen molar-refractivity contribution in [2.75, 3.05) is 0 Å². The lowest BCUT2D eigenvalue weighted by molar-refractivity contribution is 0.415. The maximum absolute atomic E-state index is 5.30. The molecule has 1 heterocycles. The molecule has 1 fully saturated rings. The van der Waals surface area contributed by atoms with Crippen molar-refractivity contribution >= 4 is 11.8 Å². The summed E-state index contributed by atoms with van der Waals surface area (Å²) in [5.74, 6) is 0.521. The molecule has 1 aromatic rings. The van der Waals surface area contributed by atoms with Gasteiger partial charge in [0.15, 0.2) is 0 Å². The van der Waals surface area contributed by atoms with Gasteiger partial charge in [0.2, 0.25) is 5.89 Å². The Morgan fingerprint density at radius 3 is 2.91 bits per heavy atom. The Kier molecular flexibility index (Phi) is 1.83. The van der Waals surface area contributed by atoms with E-state index in [1.165, 1.54) is 12.8 Å². The predicted molar refractivity (Wildman–Crippen MR) is 41.1 cm³/mol. The van der Waals surface area contributed by atoms with Crippen LogP contribution >= 0.6 is 11.8 Å². The summed E-state index contributed by atoms with van der Waals surface area (Å²) in [6.07, 6.45) is 2.54. The lowest BCUT2D eigenvalue weighted by Gasteiger charge is -1.86. The van der Waals surface area contributed by atoms with E-state index in [1.54, 1.807) is 11.8 Å². The van der Waals surface area contributed by atoms with E-state index in [0.29, 0.717) is 22.9 Å². The van der Waals surface area contributed by atoms with Crippen LogP contribution in [0.15, 0.2) is 9.64 Å². The van der Waals surface area contributed by atoms with Crippen molar-refractivity contribution in [3.8, 4) is 0 Å². The van der Waals surface area contributed by atoms with E-state index in [0.717, 1.165) is 0 Å². The number of aromatic nitrogens is 2. The second kappa shape index (κ2) is 2.83. The van der Waals surface area contributed by atoms with Crippen LogP contribution in [0.2, 0.25) is 0 Å². The minimum Gasteiger partial charge on any atom is -0.415 e. The summed E-state index contributed by atoms with van der Waals surface area (Å²) in [7, 11) is 0. The van der Waals surface area contributed by atoms with Crippen LogP contribution in [-0.2, 0) is 6.54 Å². The second-order valence-electron chi connectivity index (χ2n) is 2.48. The molecule has 0 aliphatic heterocycles. The van der Waals surface area contributed by atoms with Gasteiger partial charge in [-0.3, -0.25) is 0 Å². The molecule has 60 valence electrons. The molecule has 4 nitrogen and oxygen atoms in total. The van der Waals surface area contributed by atoms with Crippen molar-refractivity contribution in [3.63, 3.8) is 0 Å². The summed E-state index contributed by atoms with van der Waals surface area (Å²) >= 11 is 1.65. The van der Waals surface area contributed by atoms with Crippen LogP contribution in [-0.4, -0.2) is 15.4 Å². The molecule has 0 aromatic carbocycles. The SMILES string of the molecule is NCc1nnc(SC2CC2)o1. The Morgan fingerprint density at radius 1 is 1.55 bits per heavy atom. The van der Waals surface area contributed by atoms with E-state index < -0.39 is 0 Å². The van der Waals surface area contributed by atoms with Gasteiger partial charge in [-0.25, -0.2) is 0 Å². The van der Waals surface area contributed by atoms with Gasteiger partial charge >= 0.3 is 0 Å². The van der Waals surface area contributed by atoms with E-state index >= 15 is 0 Å². The second-order valence-corrected chi connectivity index (χ2v) is 3.73. The van der Waals surface area contributed by atoms with Gasteiger partial charge in [0.05, 0.1) is 6.54 Å². The van der Waals surface area contributed by atoms with Gasteiger partial charge < -0.3 is 10.2 Å². The summed E-state index contributed by atoms with van der Waals surface area (Å²) in [6, 6.07) is 0. The van der Waals surface area contributed by atoms with Crippen LogP contribution in [0.4, 0.5) is 0 Å². The summed E-state index contributed by atoms with van der Waals surface area (Å²) in [6.45, 7) is 0.332. The molecule has 1 aromatic heterocycles. The molecule has 5 heteroatoms. The summed E-state index contributed by atoms with van der Waals surface area (Å²) < 4.78 is 5.20. The van der Waals surface area contributed by atoms with Crippen LogP contribution in [0.3, 0.4) is 0 Å². The molecular formula is C6H9N3OS.